The highest BCUT2D eigenvalue weighted by molar-refractivity contribution is 6.07. The molecule has 1 saturated heterocycles. The van der Waals surface area contributed by atoms with Crippen LogP contribution in [0.2, 0.25) is 0 Å². The summed E-state index contributed by atoms with van der Waals surface area (Å²) in [4.78, 5) is 20.1. The molecule has 6 heteroatoms. The lowest BCUT2D eigenvalue weighted by Gasteiger charge is -2.33. The first-order valence-corrected chi connectivity index (χ1v) is 9.64. The maximum Gasteiger partial charge on any atom is 0.254 e. The normalized spacial score (nSPS) is 16.8. The molecule has 1 amide bonds. The Hall–Kier alpha value is -3.51. The molecule has 6 nitrogen and oxygen atoms in total. The van der Waals surface area contributed by atoms with Crippen LogP contribution in [0.4, 0.5) is 0 Å². The first-order chi connectivity index (χ1) is 14.3. The Labute approximate surface area is 168 Å². The maximum absolute atomic E-state index is 13.5. The number of nitrogens with zero attached hydrogens (tertiary/aromatic N) is 3. The number of amides is 1. The van der Waals surface area contributed by atoms with Crippen LogP contribution in [0, 0.1) is 0 Å². The van der Waals surface area contributed by atoms with E-state index in [4.69, 9.17) is 9.72 Å². The summed E-state index contributed by atoms with van der Waals surface area (Å²) >= 11 is 0. The van der Waals surface area contributed by atoms with Gasteiger partial charge in [-0.25, -0.2) is 4.98 Å². The fourth-order valence-corrected chi connectivity index (χ4v) is 3.76. The first kappa shape index (κ1) is 17.6. The van der Waals surface area contributed by atoms with Crippen LogP contribution >= 0.6 is 0 Å². The van der Waals surface area contributed by atoms with Gasteiger partial charge in [-0.15, -0.1) is 0 Å². The zero-order valence-electron chi connectivity index (χ0n) is 15.8. The first-order valence-electron chi connectivity index (χ1n) is 9.64. The van der Waals surface area contributed by atoms with E-state index in [2.05, 4.69) is 10.2 Å². The molecule has 0 unspecified atom stereocenters. The highest BCUT2D eigenvalue weighted by Crippen LogP contribution is 2.28. The molecule has 29 heavy (non-hydrogen) atoms. The van der Waals surface area contributed by atoms with E-state index in [1.165, 1.54) is 0 Å². The Bertz CT molecular complexity index is 1140. The van der Waals surface area contributed by atoms with Crippen molar-refractivity contribution in [1.29, 1.82) is 0 Å². The lowest BCUT2D eigenvalue weighted by Crippen LogP contribution is -2.42. The molecule has 0 radical (unpaired) electrons. The molecule has 1 atom stereocenters. The fraction of sp³-hybridized carbons (Fsp3) is 0.174. The quantitative estimate of drug-likeness (QED) is 0.583. The van der Waals surface area contributed by atoms with Gasteiger partial charge in [-0.2, -0.15) is 5.10 Å². The average molecular weight is 384 g/mol. The zero-order chi connectivity index (χ0) is 19.6. The number of hydrogen-bond acceptors (Lipinski definition) is 4. The van der Waals surface area contributed by atoms with E-state index >= 15 is 0 Å². The number of morpholine rings is 1. The second-order valence-electron chi connectivity index (χ2n) is 7.08. The van der Waals surface area contributed by atoms with Gasteiger partial charge in [0.05, 0.1) is 36.1 Å². The average Bonchev–Trinajstić information content (AvgIpc) is 3.34. The summed E-state index contributed by atoms with van der Waals surface area (Å²) in [6.07, 6.45) is 3.38. The standard InChI is InChI=1S/C23H20N4O2/c28-23(27-10-11-29-22(15-27)16-6-2-1-3-7-16)19-12-21(17-13-24-25-14-17)26-20-9-5-4-8-18(19)20/h1-9,12-14,22H,10-11,15H2,(H,24,25)/t22-/m1/s1. The topological polar surface area (TPSA) is 71.1 Å². The van der Waals surface area contributed by atoms with Crippen LogP contribution in [0.25, 0.3) is 22.2 Å². The molecule has 2 aromatic carbocycles. The highest BCUT2D eigenvalue weighted by Gasteiger charge is 2.27. The van der Waals surface area contributed by atoms with Crippen molar-refractivity contribution in [1.82, 2.24) is 20.1 Å². The molecule has 0 spiro atoms. The number of hydrogen-bond donors (Lipinski definition) is 1. The second kappa shape index (κ2) is 7.48. The smallest absolute Gasteiger partial charge is 0.254 e. The lowest BCUT2D eigenvalue weighted by atomic mass is 10.0. The lowest BCUT2D eigenvalue weighted by molar-refractivity contribution is -0.0227. The summed E-state index contributed by atoms with van der Waals surface area (Å²) in [6, 6.07) is 19.7. The van der Waals surface area contributed by atoms with Crippen molar-refractivity contribution in [2.75, 3.05) is 19.7 Å². The molecule has 144 valence electrons. The molecule has 1 N–H and O–H groups in total. The van der Waals surface area contributed by atoms with E-state index in [9.17, 15) is 4.79 Å². The van der Waals surface area contributed by atoms with Crippen LogP contribution in [-0.4, -0.2) is 45.7 Å². The summed E-state index contributed by atoms with van der Waals surface area (Å²) < 4.78 is 5.93. The van der Waals surface area contributed by atoms with Crippen molar-refractivity contribution >= 4 is 16.8 Å². The van der Waals surface area contributed by atoms with Gasteiger partial charge in [-0.05, 0) is 17.7 Å². The van der Waals surface area contributed by atoms with Gasteiger partial charge in [-0.3, -0.25) is 9.89 Å². The van der Waals surface area contributed by atoms with Crippen molar-refractivity contribution < 1.29 is 9.53 Å². The van der Waals surface area contributed by atoms with Gasteiger partial charge in [0.25, 0.3) is 5.91 Å². The van der Waals surface area contributed by atoms with Crippen molar-refractivity contribution in [2.45, 2.75) is 6.10 Å². The van der Waals surface area contributed by atoms with Crippen LogP contribution < -0.4 is 0 Å². The van der Waals surface area contributed by atoms with Crippen molar-refractivity contribution in [3.63, 3.8) is 0 Å². The molecule has 1 fully saturated rings. The van der Waals surface area contributed by atoms with Gasteiger partial charge in [-0.1, -0.05) is 48.5 Å². The molecule has 1 aliphatic rings. The Morgan fingerprint density at radius 1 is 1.10 bits per heavy atom. The molecular formula is C23H20N4O2. The number of H-pyrrole nitrogens is 1. The predicted molar refractivity (Wildman–Crippen MR) is 110 cm³/mol. The fourth-order valence-electron chi connectivity index (χ4n) is 3.76. The number of pyridine rings is 1. The summed E-state index contributed by atoms with van der Waals surface area (Å²) in [6.45, 7) is 1.61. The molecule has 5 rings (SSSR count). The molecule has 0 aliphatic carbocycles. The number of aromatic amines is 1. The molecule has 4 aromatic rings. The molecule has 0 saturated carbocycles. The summed E-state index contributed by atoms with van der Waals surface area (Å²) in [5, 5.41) is 7.67. The number of rotatable bonds is 3. The summed E-state index contributed by atoms with van der Waals surface area (Å²) in [5.74, 6) is -0.00224. The van der Waals surface area contributed by atoms with Crippen molar-refractivity contribution in [3.8, 4) is 11.3 Å². The van der Waals surface area contributed by atoms with Crippen molar-refractivity contribution in [2.24, 2.45) is 0 Å². The van der Waals surface area contributed by atoms with Gasteiger partial charge in [0.15, 0.2) is 0 Å². The highest BCUT2D eigenvalue weighted by atomic mass is 16.5. The van der Waals surface area contributed by atoms with Gasteiger partial charge in [0, 0.05) is 23.7 Å². The third kappa shape index (κ3) is 3.39. The Balaban J connectivity index is 1.52. The third-order valence-corrected chi connectivity index (χ3v) is 5.27. The molecular weight excluding hydrogens is 364 g/mol. The van der Waals surface area contributed by atoms with E-state index in [0.29, 0.717) is 25.3 Å². The monoisotopic (exact) mass is 384 g/mol. The largest absolute Gasteiger partial charge is 0.370 e. The number of aromatic nitrogens is 3. The number of ether oxygens (including phenoxy) is 1. The maximum atomic E-state index is 13.5. The van der Waals surface area contributed by atoms with Gasteiger partial charge >= 0.3 is 0 Å². The minimum atomic E-state index is -0.115. The van der Waals surface area contributed by atoms with Crippen LogP contribution in [0.1, 0.15) is 22.0 Å². The van der Waals surface area contributed by atoms with Crippen LogP contribution in [0.5, 0.6) is 0 Å². The van der Waals surface area contributed by atoms with E-state index in [1.807, 2.05) is 65.6 Å². The van der Waals surface area contributed by atoms with Crippen LogP contribution in [-0.2, 0) is 4.74 Å². The molecule has 2 aromatic heterocycles. The Morgan fingerprint density at radius 2 is 1.93 bits per heavy atom. The van der Waals surface area contributed by atoms with Gasteiger partial charge < -0.3 is 9.64 Å². The Kier molecular flexibility index (Phi) is 4.54. The number of fused-ring (bicyclic) bond motifs is 1. The molecule has 1 aliphatic heterocycles. The Morgan fingerprint density at radius 3 is 2.76 bits per heavy atom. The number of nitrogens with one attached hydrogen (secondary N) is 1. The molecule has 0 bridgehead atoms. The van der Waals surface area contributed by atoms with E-state index < -0.39 is 0 Å². The third-order valence-electron chi connectivity index (χ3n) is 5.27. The van der Waals surface area contributed by atoms with Gasteiger partial charge in [0.2, 0.25) is 0 Å². The summed E-state index contributed by atoms with van der Waals surface area (Å²) in [5.41, 5.74) is 4.12. The predicted octanol–water partition coefficient (Wildman–Crippen LogP) is 3.84. The van der Waals surface area contributed by atoms with Crippen LogP contribution in [0.15, 0.2) is 73.1 Å². The minimum Gasteiger partial charge on any atom is -0.370 e. The number of benzene rings is 2. The second-order valence-corrected chi connectivity index (χ2v) is 7.08. The van der Waals surface area contributed by atoms with E-state index in [0.717, 1.165) is 27.7 Å². The van der Waals surface area contributed by atoms with E-state index in [-0.39, 0.29) is 12.0 Å². The van der Waals surface area contributed by atoms with E-state index in [1.54, 1.807) is 12.4 Å². The molecule has 3 heterocycles. The van der Waals surface area contributed by atoms with Crippen molar-refractivity contribution in [3.05, 3.63) is 84.2 Å². The summed E-state index contributed by atoms with van der Waals surface area (Å²) in [7, 11) is 0. The van der Waals surface area contributed by atoms with Gasteiger partial charge in [0.1, 0.15) is 6.10 Å². The van der Waals surface area contributed by atoms with Crippen LogP contribution in [0.3, 0.4) is 0 Å². The number of para-hydroxylation sites is 1. The number of carbonyl (C=O) groups excluding carboxylic acids is 1. The SMILES string of the molecule is O=C(c1cc(-c2cn[nH]c2)nc2ccccc12)N1CCO[C@@H](c2ccccc2)C1. The number of carbonyl (C=O) groups is 1. The minimum absolute atomic E-state index is 0.00224. The zero-order valence-corrected chi connectivity index (χ0v) is 15.8.